The van der Waals surface area contributed by atoms with Crippen LogP contribution in [0.3, 0.4) is 0 Å². The van der Waals surface area contributed by atoms with E-state index in [4.69, 9.17) is 0 Å². The Bertz CT molecular complexity index is 1130. The molecule has 2 aliphatic rings. The van der Waals surface area contributed by atoms with Gasteiger partial charge in [0.15, 0.2) is 0 Å². The van der Waals surface area contributed by atoms with Crippen molar-refractivity contribution in [2.24, 2.45) is 5.92 Å². The van der Waals surface area contributed by atoms with E-state index < -0.39 is 11.6 Å². The van der Waals surface area contributed by atoms with Gasteiger partial charge < -0.3 is 15.5 Å². The summed E-state index contributed by atoms with van der Waals surface area (Å²) in [5.74, 6) is -0.318. The van der Waals surface area contributed by atoms with Crippen molar-refractivity contribution >= 4 is 29.4 Å². The zero-order valence-electron chi connectivity index (χ0n) is 20.4. The maximum atomic E-state index is 13.1. The molecule has 1 aliphatic heterocycles. The van der Waals surface area contributed by atoms with Crippen LogP contribution in [-0.2, 0) is 9.59 Å². The van der Waals surface area contributed by atoms with Crippen molar-refractivity contribution in [1.82, 2.24) is 15.1 Å². The van der Waals surface area contributed by atoms with E-state index in [2.05, 4.69) is 17.6 Å². The van der Waals surface area contributed by atoms with Crippen molar-refractivity contribution in [3.05, 3.63) is 65.7 Å². The molecule has 2 fully saturated rings. The summed E-state index contributed by atoms with van der Waals surface area (Å²) in [5, 5.41) is 5.74. The van der Waals surface area contributed by atoms with Crippen LogP contribution < -0.4 is 10.6 Å². The van der Waals surface area contributed by atoms with Crippen LogP contribution in [0.4, 0.5) is 10.5 Å². The molecule has 0 radical (unpaired) electrons. The summed E-state index contributed by atoms with van der Waals surface area (Å²) in [5.41, 5.74) is 1.13. The van der Waals surface area contributed by atoms with E-state index in [9.17, 15) is 19.2 Å². The molecule has 4 rings (SSSR count). The van der Waals surface area contributed by atoms with Crippen LogP contribution in [-0.4, -0.2) is 52.7 Å². The predicted molar refractivity (Wildman–Crippen MR) is 133 cm³/mol. The summed E-state index contributed by atoms with van der Waals surface area (Å²) in [7, 11) is 1.65. The van der Waals surface area contributed by atoms with Crippen LogP contribution in [0, 0.1) is 5.92 Å². The Morgan fingerprint density at radius 3 is 2.49 bits per heavy atom. The smallest absolute Gasteiger partial charge is 0.325 e. The van der Waals surface area contributed by atoms with Crippen LogP contribution in [0.1, 0.15) is 61.5 Å². The van der Waals surface area contributed by atoms with Crippen LogP contribution in [0.15, 0.2) is 54.6 Å². The Morgan fingerprint density at radius 1 is 1.11 bits per heavy atom. The number of rotatable bonds is 6. The largest absolute Gasteiger partial charge is 0.337 e. The third-order valence-electron chi connectivity index (χ3n) is 7.30. The van der Waals surface area contributed by atoms with Crippen molar-refractivity contribution in [3.63, 3.8) is 0 Å². The number of carbonyl (C=O) groups excluding carboxylic acids is 4. The van der Waals surface area contributed by atoms with E-state index in [0.29, 0.717) is 30.0 Å². The SMILES string of the molecule is CC1CCC2(CC1)NC(=O)N(CC(=O)N(C)C(C)c1cccc(NC(=O)c3ccccc3)c1)C2=O. The highest BCUT2D eigenvalue weighted by atomic mass is 16.2. The molecule has 8 nitrogen and oxygen atoms in total. The molecule has 1 spiro atoms. The topological polar surface area (TPSA) is 98.8 Å². The average molecular weight is 477 g/mol. The molecule has 184 valence electrons. The van der Waals surface area contributed by atoms with Crippen molar-refractivity contribution < 1.29 is 19.2 Å². The Hall–Kier alpha value is -3.68. The van der Waals surface area contributed by atoms with Gasteiger partial charge in [-0.05, 0) is 68.4 Å². The molecular formula is C27H32N4O4. The molecule has 1 atom stereocenters. The number of imide groups is 1. The molecule has 2 aromatic carbocycles. The molecule has 1 aliphatic carbocycles. The fourth-order valence-corrected chi connectivity index (χ4v) is 4.77. The van der Waals surface area contributed by atoms with Gasteiger partial charge >= 0.3 is 6.03 Å². The number of nitrogens with zero attached hydrogens (tertiary/aromatic N) is 2. The van der Waals surface area contributed by atoms with Gasteiger partial charge in [0.2, 0.25) is 5.91 Å². The first kappa shape index (κ1) is 24.4. The quantitative estimate of drug-likeness (QED) is 0.617. The molecule has 1 saturated heterocycles. The van der Waals surface area contributed by atoms with Crippen molar-refractivity contribution in [2.75, 3.05) is 18.9 Å². The van der Waals surface area contributed by atoms with Gasteiger partial charge in [0, 0.05) is 18.3 Å². The minimum absolute atomic E-state index is 0.218. The molecular weight excluding hydrogens is 444 g/mol. The highest BCUT2D eigenvalue weighted by Crippen LogP contribution is 2.36. The Balaban J connectivity index is 1.40. The second-order valence-corrected chi connectivity index (χ2v) is 9.71. The summed E-state index contributed by atoms with van der Waals surface area (Å²) in [4.78, 5) is 53.8. The lowest BCUT2D eigenvalue weighted by atomic mass is 9.77. The third-order valence-corrected chi connectivity index (χ3v) is 7.30. The van der Waals surface area contributed by atoms with Crippen LogP contribution in [0.2, 0.25) is 0 Å². The second-order valence-electron chi connectivity index (χ2n) is 9.71. The molecule has 2 aromatic rings. The lowest BCUT2D eigenvalue weighted by Crippen LogP contribution is -2.50. The van der Waals surface area contributed by atoms with Crippen molar-refractivity contribution in [2.45, 2.75) is 51.1 Å². The Kier molecular flexibility index (Phi) is 6.91. The zero-order valence-corrected chi connectivity index (χ0v) is 20.4. The number of carbonyl (C=O) groups is 4. The summed E-state index contributed by atoms with van der Waals surface area (Å²) in [6.07, 6.45) is 2.97. The molecule has 1 saturated carbocycles. The molecule has 1 heterocycles. The van der Waals surface area contributed by atoms with Gasteiger partial charge in [0.25, 0.3) is 11.8 Å². The molecule has 35 heavy (non-hydrogen) atoms. The van der Waals surface area contributed by atoms with E-state index in [1.165, 1.54) is 4.90 Å². The van der Waals surface area contributed by atoms with Gasteiger partial charge in [-0.2, -0.15) is 0 Å². The van der Waals surface area contributed by atoms with Gasteiger partial charge in [-0.15, -0.1) is 0 Å². The maximum Gasteiger partial charge on any atom is 0.325 e. The number of hydrogen-bond acceptors (Lipinski definition) is 4. The highest BCUT2D eigenvalue weighted by Gasteiger charge is 2.52. The second kappa shape index (κ2) is 9.90. The first-order valence-electron chi connectivity index (χ1n) is 12.1. The molecule has 5 amide bonds. The van der Waals surface area contributed by atoms with E-state index in [-0.39, 0.29) is 30.3 Å². The number of urea groups is 1. The fourth-order valence-electron chi connectivity index (χ4n) is 4.77. The summed E-state index contributed by atoms with van der Waals surface area (Å²) >= 11 is 0. The minimum atomic E-state index is -0.862. The molecule has 0 aromatic heterocycles. The third kappa shape index (κ3) is 5.06. The average Bonchev–Trinajstić information content (AvgIpc) is 3.09. The van der Waals surface area contributed by atoms with Crippen LogP contribution in [0.5, 0.6) is 0 Å². The number of amides is 5. The van der Waals surface area contributed by atoms with Crippen LogP contribution >= 0.6 is 0 Å². The molecule has 1 unspecified atom stereocenters. The van der Waals surface area contributed by atoms with E-state index in [0.717, 1.165) is 23.3 Å². The normalized spacial score (nSPS) is 22.6. The number of hydrogen-bond donors (Lipinski definition) is 2. The van der Waals surface area contributed by atoms with E-state index >= 15 is 0 Å². The van der Waals surface area contributed by atoms with Crippen molar-refractivity contribution in [3.8, 4) is 0 Å². The lowest BCUT2D eigenvalue weighted by molar-refractivity contribution is -0.140. The highest BCUT2D eigenvalue weighted by molar-refractivity contribution is 6.09. The Labute approximate surface area is 205 Å². The van der Waals surface area contributed by atoms with Gasteiger partial charge in [-0.25, -0.2) is 4.79 Å². The molecule has 8 heteroatoms. The zero-order chi connectivity index (χ0) is 25.2. The number of likely N-dealkylation sites (N-methyl/N-ethyl adjacent to an activating group) is 1. The van der Waals surface area contributed by atoms with E-state index in [1.54, 1.807) is 37.4 Å². The summed E-state index contributed by atoms with van der Waals surface area (Å²) in [6, 6.07) is 15.4. The lowest BCUT2D eigenvalue weighted by Gasteiger charge is -2.33. The molecule has 2 N–H and O–H groups in total. The maximum absolute atomic E-state index is 13.1. The van der Waals surface area contributed by atoms with Gasteiger partial charge in [0.1, 0.15) is 12.1 Å². The van der Waals surface area contributed by atoms with Crippen LogP contribution in [0.25, 0.3) is 0 Å². The Morgan fingerprint density at radius 2 is 1.80 bits per heavy atom. The monoisotopic (exact) mass is 476 g/mol. The van der Waals surface area contributed by atoms with Gasteiger partial charge in [-0.3, -0.25) is 19.3 Å². The van der Waals surface area contributed by atoms with E-state index in [1.807, 2.05) is 31.2 Å². The number of benzene rings is 2. The number of nitrogens with one attached hydrogen (secondary N) is 2. The summed E-state index contributed by atoms with van der Waals surface area (Å²) in [6.45, 7) is 3.72. The standard InChI is InChI=1S/C27H32N4O4/c1-18-12-14-27(15-13-18)25(34)31(26(35)29-27)17-23(32)30(3)19(2)21-10-7-11-22(16-21)28-24(33)20-8-5-4-6-9-20/h4-11,16,18-19H,12-15,17H2,1-3H3,(H,28,33)(H,29,35). The minimum Gasteiger partial charge on any atom is -0.337 e. The summed E-state index contributed by atoms with van der Waals surface area (Å²) < 4.78 is 0. The first-order valence-corrected chi connectivity index (χ1v) is 12.1. The van der Waals surface area contributed by atoms with Gasteiger partial charge in [0.05, 0.1) is 6.04 Å². The van der Waals surface area contributed by atoms with Crippen molar-refractivity contribution in [1.29, 1.82) is 0 Å². The number of anilines is 1. The fraction of sp³-hybridized carbons (Fsp3) is 0.407. The van der Waals surface area contributed by atoms with Gasteiger partial charge in [-0.1, -0.05) is 37.3 Å². The first-order chi connectivity index (χ1) is 16.7. The predicted octanol–water partition coefficient (Wildman–Crippen LogP) is 3.96. The molecule has 0 bridgehead atoms.